The maximum atomic E-state index is 12.4. The second kappa shape index (κ2) is 5.83. The molecule has 0 aromatic heterocycles. The van der Waals surface area contributed by atoms with Gasteiger partial charge in [0.2, 0.25) is 0 Å². The summed E-state index contributed by atoms with van der Waals surface area (Å²) in [7, 11) is -2.86. The molecule has 0 aromatic carbocycles. The van der Waals surface area contributed by atoms with E-state index in [0.717, 1.165) is 25.7 Å². The number of rotatable bonds is 5. The normalized spacial score (nSPS) is 19.5. The molecule has 0 aliphatic heterocycles. The molecule has 0 atom stereocenters. The van der Waals surface area contributed by atoms with Gasteiger partial charge in [-0.1, -0.05) is 12.2 Å². The molecular weight excluding hydrogens is 211 g/mol. The Bertz CT molecular complexity index is 243. The van der Waals surface area contributed by atoms with Gasteiger partial charge in [0, 0.05) is 0 Å². The highest BCUT2D eigenvalue weighted by molar-refractivity contribution is 7.54. The Morgan fingerprint density at radius 2 is 1.73 bits per heavy atom. The highest BCUT2D eigenvalue weighted by atomic mass is 31.2. The van der Waals surface area contributed by atoms with E-state index in [-0.39, 0.29) is 5.66 Å². The molecule has 0 aromatic rings. The predicted molar refractivity (Wildman–Crippen MR) is 62.3 cm³/mol. The second-order valence-corrected chi connectivity index (χ2v) is 6.18. The van der Waals surface area contributed by atoms with Crippen molar-refractivity contribution < 1.29 is 13.6 Å². The van der Waals surface area contributed by atoms with Crippen LogP contribution >= 0.6 is 7.60 Å². The van der Waals surface area contributed by atoms with E-state index in [2.05, 4.69) is 6.58 Å². The van der Waals surface area contributed by atoms with E-state index >= 15 is 0 Å². The zero-order chi connectivity index (χ0) is 11.3. The van der Waals surface area contributed by atoms with E-state index in [1.54, 1.807) is 0 Å². The van der Waals surface area contributed by atoms with Gasteiger partial charge >= 0.3 is 7.60 Å². The lowest BCUT2D eigenvalue weighted by Crippen LogP contribution is -2.17. The lowest BCUT2D eigenvalue weighted by atomic mass is 9.96. The first kappa shape index (κ1) is 13.0. The molecule has 88 valence electrons. The third kappa shape index (κ3) is 3.44. The summed E-state index contributed by atoms with van der Waals surface area (Å²) in [6, 6.07) is 0. The van der Waals surface area contributed by atoms with Crippen LogP contribution < -0.4 is 0 Å². The highest BCUT2D eigenvalue weighted by Gasteiger charge is 2.36. The third-order valence-corrected chi connectivity index (χ3v) is 5.37. The maximum absolute atomic E-state index is 12.4. The van der Waals surface area contributed by atoms with Gasteiger partial charge in [0.15, 0.2) is 0 Å². The second-order valence-electron chi connectivity index (χ2n) is 3.86. The van der Waals surface area contributed by atoms with Crippen molar-refractivity contribution in [2.75, 3.05) is 13.2 Å². The summed E-state index contributed by atoms with van der Waals surface area (Å²) in [5.41, 5.74) is 1.33. The fourth-order valence-electron chi connectivity index (χ4n) is 1.94. The van der Waals surface area contributed by atoms with Gasteiger partial charge < -0.3 is 9.05 Å². The summed E-state index contributed by atoms with van der Waals surface area (Å²) in [6.45, 7) is 8.57. The Balaban J connectivity index is 2.63. The Hall–Kier alpha value is -0.110. The van der Waals surface area contributed by atoms with Crippen LogP contribution in [0.3, 0.4) is 0 Å². The van der Waals surface area contributed by atoms with Crippen LogP contribution in [0.5, 0.6) is 0 Å². The van der Waals surface area contributed by atoms with Crippen molar-refractivity contribution in [1.82, 2.24) is 0 Å². The van der Waals surface area contributed by atoms with E-state index in [9.17, 15) is 4.57 Å². The molecule has 1 saturated carbocycles. The molecular formula is C11H21O3P. The van der Waals surface area contributed by atoms with Gasteiger partial charge in [-0.25, -0.2) is 0 Å². The molecule has 4 heteroatoms. The highest BCUT2D eigenvalue weighted by Crippen LogP contribution is 2.57. The molecule has 0 saturated heterocycles. The minimum Gasteiger partial charge on any atom is -0.309 e. The van der Waals surface area contributed by atoms with Crippen LogP contribution in [0.1, 0.15) is 39.5 Å². The molecule has 0 unspecified atom stereocenters. The van der Waals surface area contributed by atoms with Crippen molar-refractivity contribution >= 4 is 7.60 Å². The Morgan fingerprint density at radius 1 is 1.27 bits per heavy atom. The van der Waals surface area contributed by atoms with Crippen LogP contribution in [0, 0.1) is 0 Å². The molecule has 1 aliphatic rings. The first-order chi connectivity index (χ1) is 7.12. The van der Waals surface area contributed by atoms with E-state index in [0.29, 0.717) is 13.2 Å². The van der Waals surface area contributed by atoms with Crippen molar-refractivity contribution in [3.05, 3.63) is 12.2 Å². The monoisotopic (exact) mass is 232 g/mol. The molecule has 0 bridgehead atoms. The van der Waals surface area contributed by atoms with Gasteiger partial charge in [0.25, 0.3) is 0 Å². The SMILES string of the molecule is C=C1CCC(P(=O)(OCC)OCC)CC1. The van der Waals surface area contributed by atoms with Crippen molar-refractivity contribution in [3.8, 4) is 0 Å². The Labute approximate surface area is 92.4 Å². The van der Waals surface area contributed by atoms with Crippen LogP contribution in [-0.2, 0) is 13.6 Å². The van der Waals surface area contributed by atoms with Crippen LogP contribution in [0.15, 0.2) is 12.2 Å². The average Bonchev–Trinajstić information content (AvgIpc) is 2.19. The molecule has 0 heterocycles. The largest absolute Gasteiger partial charge is 0.333 e. The van der Waals surface area contributed by atoms with Crippen molar-refractivity contribution in [1.29, 1.82) is 0 Å². The van der Waals surface area contributed by atoms with Gasteiger partial charge in [-0.2, -0.15) is 0 Å². The lowest BCUT2D eigenvalue weighted by Gasteiger charge is -2.29. The lowest BCUT2D eigenvalue weighted by molar-refractivity contribution is 0.207. The molecule has 1 rings (SSSR count). The minimum atomic E-state index is -2.86. The molecule has 0 radical (unpaired) electrons. The summed E-state index contributed by atoms with van der Waals surface area (Å²) in [4.78, 5) is 0. The van der Waals surface area contributed by atoms with Crippen LogP contribution in [-0.4, -0.2) is 18.9 Å². The van der Waals surface area contributed by atoms with Crippen molar-refractivity contribution in [2.45, 2.75) is 45.2 Å². The molecule has 1 fully saturated rings. The number of allylic oxidation sites excluding steroid dienone is 1. The van der Waals surface area contributed by atoms with Crippen LogP contribution in [0.25, 0.3) is 0 Å². The zero-order valence-corrected chi connectivity index (χ0v) is 10.6. The molecule has 0 amide bonds. The van der Waals surface area contributed by atoms with E-state index < -0.39 is 7.60 Å². The Kier molecular flexibility index (Phi) is 5.04. The van der Waals surface area contributed by atoms with Crippen molar-refractivity contribution in [3.63, 3.8) is 0 Å². The Morgan fingerprint density at radius 3 is 2.13 bits per heavy atom. The van der Waals surface area contributed by atoms with Crippen LogP contribution in [0.4, 0.5) is 0 Å². The van der Waals surface area contributed by atoms with E-state index in [4.69, 9.17) is 9.05 Å². The predicted octanol–water partition coefficient (Wildman–Crippen LogP) is 3.75. The number of hydrogen-bond donors (Lipinski definition) is 0. The van der Waals surface area contributed by atoms with Crippen LogP contribution in [0.2, 0.25) is 0 Å². The minimum absolute atomic E-state index is 0.0721. The van der Waals surface area contributed by atoms with Crippen molar-refractivity contribution in [2.24, 2.45) is 0 Å². The van der Waals surface area contributed by atoms with Gasteiger partial charge in [-0.05, 0) is 39.5 Å². The zero-order valence-electron chi connectivity index (χ0n) is 9.70. The quantitative estimate of drug-likeness (QED) is 0.535. The summed E-state index contributed by atoms with van der Waals surface area (Å²) in [6.07, 6.45) is 3.68. The maximum Gasteiger partial charge on any atom is 0.333 e. The average molecular weight is 232 g/mol. The van der Waals surface area contributed by atoms with Gasteiger partial charge in [0.1, 0.15) is 0 Å². The summed E-state index contributed by atoms with van der Waals surface area (Å²) >= 11 is 0. The molecule has 3 nitrogen and oxygen atoms in total. The third-order valence-electron chi connectivity index (χ3n) is 2.73. The van der Waals surface area contributed by atoms with E-state index in [1.165, 1.54) is 5.57 Å². The summed E-state index contributed by atoms with van der Waals surface area (Å²) < 4.78 is 23.1. The number of hydrogen-bond acceptors (Lipinski definition) is 3. The molecule has 0 spiro atoms. The fraction of sp³-hybridized carbons (Fsp3) is 0.818. The van der Waals surface area contributed by atoms with E-state index in [1.807, 2.05) is 13.8 Å². The van der Waals surface area contributed by atoms with Gasteiger partial charge in [-0.3, -0.25) is 4.57 Å². The molecule has 0 N–H and O–H groups in total. The van der Waals surface area contributed by atoms with Gasteiger partial charge in [0.05, 0.1) is 18.9 Å². The van der Waals surface area contributed by atoms with Gasteiger partial charge in [-0.15, -0.1) is 0 Å². The first-order valence-corrected chi connectivity index (χ1v) is 7.29. The molecule has 1 aliphatic carbocycles. The summed E-state index contributed by atoms with van der Waals surface area (Å²) in [5.74, 6) is 0. The molecule has 15 heavy (non-hydrogen) atoms. The summed E-state index contributed by atoms with van der Waals surface area (Å²) in [5, 5.41) is 0. The standard InChI is InChI=1S/C11H21O3P/c1-4-13-15(12,14-5-2)11-8-6-10(3)7-9-11/h11H,3-9H2,1-2H3. The fourth-order valence-corrected chi connectivity index (χ4v) is 4.04. The smallest absolute Gasteiger partial charge is 0.309 e. The topological polar surface area (TPSA) is 35.5 Å². The first-order valence-electron chi connectivity index (χ1n) is 5.67.